The minimum absolute atomic E-state index is 0.124. The normalized spacial score (nSPS) is 16.5. The van der Waals surface area contributed by atoms with Crippen molar-refractivity contribution >= 4 is 44.7 Å². The van der Waals surface area contributed by atoms with E-state index in [2.05, 4.69) is 21.6 Å². The second kappa shape index (κ2) is 8.81. The maximum atomic E-state index is 12.8. The standard InChI is InChI=1S/C22H24N4O3S/c1-14(27)23-15-9-10-19(29-2)17(12-15)24-21(28)13-26-11-5-7-18(26)22-25-16-6-3-4-8-20(16)30-22/h3-4,6,8-10,12,18H,5,7,11,13H2,1-2H3,(H,23,27)(H,24,28)/t18-/m1/s1. The minimum atomic E-state index is -0.173. The molecule has 30 heavy (non-hydrogen) atoms. The van der Waals surface area contributed by atoms with Crippen LogP contribution in [0.15, 0.2) is 42.5 Å². The summed E-state index contributed by atoms with van der Waals surface area (Å²) in [4.78, 5) is 31.1. The number of hydrogen-bond donors (Lipinski definition) is 2. The Labute approximate surface area is 179 Å². The number of likely N-dealkylation sites (tertiary alicyclic amines) is 1. The van der Waals surface area contributed by atoms with E-state index in [1.54, 1.807) is 36.6 Å². The summed E-state index contributed by atoms with van der Waals surface area (Å²) in [5.41, 5.74) is 2.14. The number of para-hydroxylation sites is 1. The summed E-state index contributed by atoms with van der Waals surface area (Å²) < 4.78 is 6.52. The highest BCUT2D eigenvalue weighted by molar-refractivity contribution is 7.18. The minimum Gasteiger partial charge on any atom is -0.495 e. The highest BCUT2D eigenvalue weighted by Crippen LogP contribution is 2.36. The molecule has 2 N–H and O–H groups in total. The van der Waals surface area contributed by atoms with Crippen LogP contribution in [0.1, 0.15) is 30.8 Å². The maximum absolute atomic E-state index is 12.8. The number of carbonyl (C=O) groups is 2. The molecular weight excluding hydrogens is 400 g/mol. The van der Waals surface area contributed by atoms with Crippen molar-refractivity contribution < 1.29 is 14.3 Å². The molecule has 1 fully saturated rings. The van der Waals surface area contributed by atoms with Crippen LogP contribution in [0.4, 0.5) is 11.4 Å². The summed E-state index contributed by atoms with van der Waals surface area (Å²) in [7, 11) is 1.55. The highest BCUT2D eigenvalue weighted by atomic mass is 32.1. The zero-order valence-electron chi connectivity index (χ0n) is 17.0. The van der Waals surface area contributed by atoms with Crippen LogP contribution in [-0.4, -0.2) is 41.9 Å². The summed E-state index contributed by atoms with van der Waals surface area (Å²) in [6.07, 6.45) is 2.03. The lowest BCUT2D eigenvalue weighted by Crippen LogP contribution is -2.33. The van der Waals surface area contributed by atoms with Gasteiger partial charge >= 0.3 is 0 Å². The number of amides is 2. The quantitative estimate of drug-likeness (QED) is 0.624. The Morgan fingerprint density at radius 3 is 2.83 bits per heavy atom. The van der Waals surface area contributed by atoms with Crippen LogP contribution in [0.2, 0.25) is 0 Å². The second-order valence-electron chi connectivity index (χ2n) is 7.29. The fraction of sp³-hybridized carbons (Fsp3) is 0.318. The molecule has 0 spiro atoms. The van der Waals surface area contributed by atoms with Gasteiger partial charge in [-0.15, -0.1) is 11.3 Å². The van der Waals surface area contributed by atoms with Gasteiger partial charge in [0.2, 0.25) is 11.8 Å². The number of benzene rings is 2. The van der Waals surface area contributed by atoms with E-state index in [1.807, 2.05) is 18.2 Å². The largest absolute Gasteiger partial charge is 0.495 e. The zero-order valence-corrected chi connectivity index (χ0v) is 17.8. The fourth-order valence-corrected chi connectivity index (χ4v) is 4.93. The fourth-order valence-electron chi connectivity index (χ4n) is 3.79. The number of methoxy groups -OCH3 is 1. The topological polar surface area (TPSA) is 83.6 Å². The first kappa shape index (κ1) is 20.3. The van der Waals surface area contributed by atoms with E-state index >= 15 is 0 Å². The smallest absolute Gasteiger partial charge is 0.238 e. The van der Waals surface area contributed by atoms with E-state index in [0.29, 0.717) is 17.1 Å². The number of hydrogen-bond acceptors (Lipinski definition) is 6. The zero-order chi connectivity index (χ0) is 21.1. The Hall–Kier alpha value is -2.97. The van der Waals surface area contributed by atoms with E-state index < -0.39 is 0 Å². The van der Waals surface area contributed by atoms with Crippen molar-refractivity contribution in [3.8, 4) is 5.75 Å². The van der Waals surface area contributed by atoms with Gasteiger partial charge in [-0.2, -0.15) is 0 Å². The first-order valence-electron chi connectivity index (χ1n) is 9.88. The number of nitrogens with zero attached hydrogens (tertiary/aromatic N) is 2. The predicted octanol–water partition coefficient (Wildman–Crippen LogP) is 4.04. The number of anilines is 2. The number of carbonyl (C=O) groups excluding carboxylic acids is 2. The average molecular weight is 425 g/mol. The molecule has 2 heterocycles. The average Bonchev–Trinajstić information content (AvgIpc) is 3.34. The monoisotopic (exact) mass is 424 g/mol. The Kier molecular flexibility index (Phi) is 5.96. The van der Waals surface area contributed by atoms with Gasteiger partial charge in [0.25, 0.3) is 0 Å². The van der Waals surface area contributed by atoms with E-state index in [4.69, 9.17) is 9.72 Å². The van der Waals surface area contributed by atoms with Crippen molar-refractivity contribution in [1.82, 2.24) is 9.88 Å². The van der Waals surface area contributed by atoms with Crippen molar-refractivity contribution in [3.63, 3.8) is 0 Å². The van der Waals surface area contributed by atoms with Crippen LogP contribution >= 0.6 is 11.3 Å². The predicted molar refractivity (Wildman–Crippen MR) is 119 cm³/mol. The summed E-state index contributed by atoms with van der Waals surface area (Å²) >= 11 is 1.70. The molecule has 2 aromatic carbocycles. The molecule has 0 radical (unpaired) electrons. The van der Waals surface area contributed by atoms with Gasteiger partial charge in [0.1, 0.15) is 10.8 Å². The molecule has 1 atom stereocenters. The lowest BCUT2D eigenvalue weighted by molar-refractivity contribution is -0.117. The van der Waals surface area contributed by atoms with Crippen LogP contribution < -0.4 is 15.4 Å². The van der Waals surface area contributed by atoms with Gasteiger partial charge in [0, 0.05) is 12.6 Å². The molecule has 1 saturated heterocycles. The summed E-state index contributed by atoms with van der Waals surface area (Å²) in [5, 5.41) is 6.71. The molecule has 3 aromatic rings. The molecule has 2 amide bonds. The Balaban J connectivity index is 1.47. The maximum Gasteiger partial charge on any atom is 0.238 e. The molecule has 0 aliphatic carbocycles. The number of aromatic nitrogens is 1. The van der Waals surface area contributed by atoms with Gasteiger partial charge < -0.3 is 15.4 Å². The van der Waals surface area contributed by atoms with Gasteiger partial charge in [0.15, 0.2) is 0 Å². The molecule has 1 aromatic heterocycles. The van der Waals surface area contributed by atoms with Crippen LogP contribution in [-0.2, 0) is 9.59 Å². The van der Waals surface area contributed by atoms with Crippen LogP contribution in [0.3, 0.4) is 0 Å². The summed E-state index contributed by atoms with van der Waals surface area (Å²) in [5.74, 6) is 0.246. The SMILES string of the molecule is COc1ccc(NC(C)=O)cc1NC(=O)CN1CCC[C@@H]1c1nc2ccccc2s1. The van der Waals surface area contributed by atoms with Gasteiger partial charge in [-0.25, -0.2) is 4.98 Å². The lowest BCUT2D eigenvalue weighted by Gasteiger charge is -2.22. The molecule has 7 nitrogen and oxygen atoms in total. The van der Waals surface area contributed by atoms with E-state index in [-0.39, 0.29) is 24.4 Å². The van der Waals surface area contributed by atoms with Gasteiger partial charge in [0.05, 0.1) is 35.6 Å². The lowest BCUT2D eigenvalue weighted by atomic mass is 10.2. The molecule has 156 valence electrons. The molecule has 0 unspecified atom stereocenters. The third kappa shape index (κ3) is 4.44. The van der Waals surface area contributed by atoms with Crippen molar-refractivity contribution in [2.24, 2.45) is 0 Å². The van der Waals surface area contributed by atoms with Crippen LogP contribution in [0, 0.1) is 0 Å². The van der Waals surface area contributed by atoms with Gasteiger partial charge in [-0.3, -0.25) is 14.5 Å². The molecule has 1 aliphatic rings. The van der Waals surface area contributed by atoms with Crippen molar-refractivity contribution in [3.05, 3.63) is 47.5 Å². The number of ether oxygens (including phenoxy) is 1. The molecular formula is C22H24N4O3S. The number of fused-ring (bicyclic) bond motifs is 1. The number of nitrogens with one attached hydrogen (secondary N) is 2. The molecule has 0 bridgehead atoms. The van der Waals surface area contributed by atoms with Gasteiger partial charge in [-0.1, -0.05) is 12.1 Å². The van der Waals surface area contributed by atoms with Crippen LogP contribution in [0.25, 0.3) is 10.2 Å². The van der Waals surface area contributed by atoms with Crippen molar-refractivity contribution in [2.75, 3.05) is 30.8 Å². The first-order valence-corrected chi connectivity index (χ1v) is 10.7. The van der Waals surface area contributed by atoms with Crippen LogP contribution in [0.5, 0.6) is 5.75 Å². The first-order chi connectivity index (χ1) is 14.5. The number of rotatable bonds is 6. The summed E-state index contributed by atoms with van der Waals surface area (Å²) in [6.45, 7) is 2.57. The van der Waals surface area contributed by atoms with E-state index in [9.17, 15) is 9.59 Å². The van der Waals surface area contributed by atoms with Gasteiger partial charge in [-0.05, 0) is 49.7 Å². The highest BCUT2D eigenvalue weighted by Gasteiger charge is 2.30. The van der Waals surface area contributed by atoms with Crippen molar-refractivity contribution in [2.45, 2.75) is 25.8 Å². The Bertz CT molecular complexity index is 1050. The Morgan fingerprint density at radius 1 is 1.23 bits per heavy atom. The third-order valence-electron chi connectivity index (χ3n) is 5.10. The molecule has 4 rings (SSSR count). The molecule has 0 saturated carbocycles. The third-order valence-corrected chi connectivity index (χ3v) is 6.24. The summed E-state index contributed by atoms with van der Waals surface area (Å²) in [6, 6.07) is 13.4. The number of thiazole rings is 1. The molecule has 8 heteroatoms. The van der Waals surface area contributed by atoms with E-state index in [0.717, 1.165) is 29.9 Å². The second-order valence-corrected chi connectivity index (χ2v) is 8.35. The molecule has 1 aliphatic heterocycles. The Morgan fingerprint density at radius 2 is 2.07 bits per heavy atom. The van der Waals surface area contributed by atoms with Crippen molar-refractivity contribution in [1.29, 1.82) is 0 Å². The van der Waals surface area contributed by atoms with E-state index in [1.165, 1.54) is 11.6 Å².